The average Bonchev–Trinajstić information content (AvgIpc) is 2.96. The first kappa shape index (κ1) is 32.2. The van der Waals surface area contributed by atoms with Crippen LogP contribution in [0.1, 0.15) is 39.2 Å². The van der Waals surface area contributed by atoms with E-state index in [1.807, 2.05) is 6.92 Å². The summed E-state index contributed by atoms with van der Waals surface area (Å²) in [4.78, 5) is 28.5. The van der Waals surface area contributed by atoms with E-state index in [0.717, 1.165) is 17.1 Å². The van der Waals surface area contributed by atoms with Crippen LogP contribution in [0, 0.1) is 0 Å². The van der Waals surface area contributed by atoms with Gasteiger partial charge in [0, 0.05) is 28.7 Å². The number of unbranched alkanes of at least 4 members (excludes halogenated alkanes) is 1. The van der Waals surface area contributed by atoms with Crippen LogP contribution < -0.4 is 14.4 Å². The van der Waals surface area contributed by atoms with Gasteiger partial charge in [-0.15, -0.1) is 0 Å². The number of nitrogens with zero attached hydrogens (tertiary/aromatic N) is 2. The molecule has 0 bridgehead atoms. The van der Waals surface area contributed by atoms with E-state index < -0.39 is 28.5 Å². The molecule has 0 saturated carbocycles. The standard InChI is InChI=1S/C30H35Cl2N3O5S/c1-4-6-19-33-30(37)22(3)34(20-24-25(31)15-12-16-26(24)32)29(36)21-35(27-17-10-11-18-28(27)40-5-2)41(38,39)23-13-8-7-9-14-23/h7-18,22H,4-6,19-21H2,1-3H3,(H,33,37)/t22-/m1/s1. The topological polar surface area (TPSA) is 96.0 Å². The smallest absolute Gasteiger partial charge is 0.264 e. The van der Waals surface area contributed by atoms with Crippen LogP contribution >= 0.6 is 23.2 Å². The van der Waals surface area contributed by atoms with Crippen molar-refractivity contribution < 1.29 is 22.7 Å². The molecular weight excluding hydrogens is 585 g/mol. The second kappa shape index (κ2) is 15.1. The van der Waals surface area contributed by atoms with Crippen molar-refractivity contribution in [1.29, 1.82) is 0 Å². The Morgan fingerprint density at radius 3 is 2.20 bits per heavy atom. The predicted octanol–water partition coefficient (Wildman–Crippen LogP) is 5.92. The van der Waals surface area contributed by atoms with Gasteiger partial charge in [0.15, 0.2) is 0 Å². The van der Waals surface area contributed by atoms with Crippen molar-refractivity contribution in [2.24, 2.45) is 0 Å². The number of anilines is 1. The van der Waals surface area contributed by atoms with E-state index >= 15 is 0 Å². The van der Waals surface area contributed by atoms with E-state index in [1.54, 1.807) is 74.5 Å². The van der Waals surface area contributed by atoms with Crippen LogP contribution in [0.4, 0.5) is 5.69 Å². The highest BCUT2D eigenvalue weighted by Gasteiger charge is 2.34. The van der Waals surface area contributed by atoms with Crippen molar-refractivity contribution in [1.82, 2.24) is 10.2 Å². The third-order valence-corrected chi connectivity index (χ3v) is 8.91. The zero-order valence-corrected chi connectivity index (χ0v) is 25.7. The SMILES string of the molecule is CCCCNC(=O)[C@@H](C)N(Cc1c(Cl)cccc1Cl)C(=O)CN(c1ccccc1OCC)S(=O)(=O)c1ccccc1. The molecule has 41 heavy (non-hydrogen) atoms. The van der Waals surface area contributed by atoms with Crippen molar-refractivity contribution >= 4 is 50.7 Å². The lowest BCUT2D eigenvalue weighted by Gasteiger charge is -2.32. The van der Waals surface area contributed by atoms with Crippen molar-refractivity contribution in [3.63, 3.8) is 0 Å². The van der Waals surface area contributed by atoms with Crippen LogP contribution in [0.15, 0.2) is 77.7 Å². The minimum Gasteiger partial charge on any atom is -0.492 e. The Labute approximate surface area is 252 Å². The Morgan fingerprint density at radius 2 is 1.56 bits per heavy atom. The number of amides is 2. The molecule has 3 rings (SSSR count). The summed E-state index contributed by atoms with van der Waals surface area (Å²) in [5.41, 5.74) is 0.645. The summed E-state index contributed by atoms with van der Waals surface area (Å²) in [5.74, 6) is -0.694. The first-order valence-corrected chi connectivity index (χ1v) is 15.6. The van der Waals surface area contributed by atoms with E-state index in [4.69, 9.17) is 27.9 Å². The fourth-order valence-electron chi connectivity index (χ4n) is 4.15. The number of carbonyl (C=O) groups excluding carboxylic acids is 2. The molecule has 0 aromatic heterocycles. The summed E-state index contributed by atoms with van der Waals surface area (Å²) in [6, 6.07) is 18.5. The van der Waals surface area contributed by atoms with Crippen LogP contribution in [0.5, 0.6) is 5.75 Å². The lowest BCUT2D eigenvalue weighted by Crippen LogP contribution is -2.51. The van der Waals surface area contributed by atoms with Crippen molar-refractivity contribution in [2.75, 3.05) is 24.0 Å². The zero-order valence-electron chi connectivity index (χ0n) is 23.3. The highest BCUT2D eigenvalue weighted by molar-refractivity contribution is 7.92. The highest BCUT2D eigenvalue weighted by Crippen LogP contribution is 2.33. The van der Waals surface area contributed by atoms with Crippen LogP contribution in [-0.2, 0) is 26.2 Å². The molecule has 3 aromatic rings. The Hall–Kier alpha value is -3.27. The first-order chi connectivity index (χ1) is 19.6. The molecule has 0 heterocycles. The molecule has 0 aliphatic rings. The van der Waals surface area contributed by atoms with Gasteiger partial charge < -0.3 is 15.0 Å². The normalized spacial score (nSPS) is 11.9. The number of ether oxygens (including phenoxy) is 1. The lowest BCUT2D eigenvalue weighted by molar-refractivity contribution is -0.139. The highest BCUT2D eigenvalue weighted by atomic mass is 35.5. The van der Waals surface area contributed by atoms with Crippen molar-refractivity contribution in [3.8, 4) is 5.75 Å². The van der Waals surface area contributed by atoms with Crippen molar-refractivity contribution in [2.45, 2.75) is 51.1 Å². The quantitative estimate of drug-likeness (QED) is 0.226. The van der Waals surface area contributed by atoms with Crippen LogP contribution in [-0.4, -0.2) is 50.9 Å². The van der Waals surface area contributed by atoms with E-state index in [-0.39, 0.29) is 29.6 Å². The van der Waals surface area contributed by atoms with E-state index in [1.165, 1.54) is 17.0 Å². The van der Waals surface area contributed by atoms with Gasteiger partial charge >= 0.3 is 0 Å². The molecule has 0 unspecified atom stereocenters. The molecule has 220 valence electrons. The maximum Gasteiger partial charge on any atom is 0.264 e. The Morgan fingerprint density at radius 1 is 0.927 bits per heavy atom. The summed E-state index contributed by atoms with van der Waals surface area (Å²) < 4.78 is 34.7. The zero-order chi connectivity index (χ0) is 30.0. The summed E-state index contributed by atoms with van der Waals surface area (Å²) in [6.07, 6.45) is 1.66. The number of hydrogen-bond acceptors (Lipinski definition) is 5. The molecule has 2 amide bonds. The number of sulfonamides is 1. The third-order valence-electron chi connectivity index (χ3n) is 6.43. The molecule has 3 aromatic carbocycles. The molecule has 0 aliphatic heterocycles. The predicted molar refractivity (Wildman–Crippen MR) is 163 cm³/mol. The molecular formula is C30H35Cl2N3O5S. The number of carbonyl (C=O) groups is 2. The van der Waals surface area contributed by atoms with E-state index in [0.29, 0.717) is 27.9 Å². The largest absolute Gasteiger partial charge is 0.492 e. The second-order valence-electron chi connectivity index (χ2n) is 9.27. The van der Waals surface area contributed by atoms with Gasteiger partial charge in [0.2, 0.25) is 11.8 Å². The van der Waals surface area contributed by atoms with Crippen LogP contribution in [0.2, 0.25) is 10.0 Å². The van der Waals surface area contributed by atoms with Gasteiger partial charge in [-0.1, -0.05) is 72.9 Å². The molecule has 11 heteroatoms. The Balaban J connectivity index is 2.08. The van der Waals surface area contributed by atoms with Crippen molar-refractivity contribution in [3.05, 3.63) is 88.4 Å². The number of para-hydroxylation sites is 2. The van der Waals surface area contributed by atoms with Crippen LogP contribution in [0.3, 0.4) is 0 Å². The molecule has 0 radical (unpaired) electrons. The summed E-state index contributed by atoms with van der Waals surface area (Å²) >= 11 is 12.9. The van der Waals surface area contributed by atoms with Crippen LogP contribution in [0.25, 0.3) is 0 Å². The summed E-state index contributed by atoms with van der Waals surface area (Å²) in [6.45, 7) is 5.41. The fraction of sp³-hybridized carbons (Fsp3) is 0.333. The van der Waals surface area contributed by atoms with Gasteiger partial charge in [0.1, 0.15) is 18.3 Å². The van der Waals surface area contributed by atoms with Gasteiger partial charge in [0.05, 0.1) is 17.2 Å². The monoisotopic (exact) mass is 619 g/mol. The Bertz CT molecular complexity index is 1420. The van der Waals surface area contributed by atoms with Gasteiger partial charge in [-0.2, -0.15) is 0 Å². The molecule has 0 saturated heterocycles. The molecule has 0 fully saturated rings. The molecule has 1 atom stereocenters. The van der Waals surface area contributed by atoms with Gasteiger partial charge in [-0.3, -0.25) is 13.9 Å². The van der Waals surface area contributed by atoms with E-state index in [2.05, 4.69) is 5.32 Å². The average molecular weight is 621 g/mol. The minimum absolute atomic E-state index is 0.00477. The fourth-order valence-corrected chi connectivity index (χ4v) is 6.11. The molecule has 0 spiro atoms. The maximum atomic E-state index is 14.1. The second-order valence-corrected chi connectivity index (χ2v) is 11.9. The minimum atomic E-state index is -4.22. The number of nitrogens with one attached hydrogen (secondary N) is 1. The summed E-state index contributed by atoms with van der Waals surface area (Å²) in [7, 11) is -4.22. The number of halogens is 2. The third kappa shape index (κ3) is 8.15. The number of hydrogen-bond donors (Lipinski definition) is 1. The molecule has 0 aliphatic carbocycles. The van der Waals surface area contributed by atoms with E-state index in [9.17, 15) is 18.0 Å². The maximum absolute atomic E-state index is 14.1. The Kier molecular flexibility index (Phi) is 11.9. The van der Waals surface area contributed by atoms with Gasteiger partial charge in [0.25, 0.3) is 10.0 Å². The molecule has 8 nitrogen and oxygen atoms in total. The van der Waals surface area contributed by atoms with Gasteiger partial charge in [-0.25, -0.2) is 8.42 Å². The van der Waals surface area contributed by atoms with Gasteiger partial charge in [-0.05, 0) is 56.7 Å². The first-order valence-electron chi connectivity index (χ1n) is 13.4. The number of benzene rings is 3. The summed E-state index contributed by atoms with van der Waals surface area (Å²) in [5, 5.41) is 3.50. The number of rotatable bonds is 14. The lowest BCUT2D eigenvalue weighted by atomic mass is 10.1. The molecule has 1 N–H and O–H groups in total.